The highest BCUT2D eigenvalue weighted by Gasteiger charge is 2.49. The third kappa shape index (κ3) is 2.89. The van der Waals surface area contributed by atoms with Crippen molar-refractivity contribution in [3.05, 3.63) is 29.8 Å². The van der Waals surface area contributed by atoms with Crippen molar-refractivity contribution in [3.63, 3.8) is 0 Å². The highest BCUT2D eigenvalue weighted by atomic mass is 16.5. The van der Waals surface area contributed by atoms with Crippen LogP contribution in [0.1, 0.15) is 31.2 Å². The molecule has 3 saturated heterocycles. The second-order valence-corrected chi connectivity index (χ2v) is 7.33. The van der Waals surface area contributed by atoms with Crippen molar-refractivity contribution in [2.45, 2.75) is 31.8 Å². The minimum Gasteiger partial charge on any atom is -0.368 e. The first-order valence-electron chi connectivity index (χ1n) is 8.81. The van der Waals surface area contributed by atoms with Crippen molar-refractivity contribution < 1.29 is 14.3 Å². The molecule has 6 heteroatoms. The molecule has 4 rings (SSSR count). The molecule has 0 saturated carbocycles. The summed E-state index contributed by atoms with van der Waals surface area (Å²) in [5, 5.41) is 9.07. The smallest absolute Gasteiger partial charge is 0.251 e. The zero-order valence-electron chi connectivity index (χ0n) is 14.1. The maximum absolute atomic E-state index is 12.6. The van der Waals surface area contributed by atoms with E-state index in [9.17, 15) is 9.59 Å². The summed E-state index contributed by atoms with van der Waals surface area (Å²) < 4.78 is 5.52. The summed E-state index contributed by atoms with van der Waals surface area (Å²) in [6.07, 6.45) is 2.74. The van der Waals surface area contributed by atoms with E-state index in [-0.39, 0.29) is 23.3 Å². The standard InChI is InChI=1S/C19H21N3O3/c20-11-14-3-1-4-15(9-14)22-13-19(10-17(22)23)6-7-21(12-19)18(24)16-5-2-8-25-16/h1,3-4,9,16H,2,5-8,10,12-13H2/t16-,19+/m1/s1. The number of benzene rings is 1. The van der Waals surface area contributed by atoms with Gasteiger partial charge in [-0.2, -0.15) is 5.26 Å². The van der Waals surface area contributed by atoms with Gasteiger partial charge in [-0.15, -0.1) is 0 Å². The van der Waals surface area contributed by atoms with Gasteiger partial charge in [-0.1, -0.05) is 6.07 Å². The number of rotatable bonds is 2. The normalized spacial score (nSPS) is 28.8. The molecule has 2 atom stereocenters. The van der Waals surface area contributed by atoms with Crippen LogP contribution in [0.5, 0.6) is 0 Å². The Morgan fingerprint density at radius 1 is 1.36 bits per heavy atom. The van der Waals surface area contributed by atoms with Crippen molar-refractivity contribution in [2.24, 2.45) is 5.41 Å². The van der Waals surface area contributed by atoms with Gasteiger partial charge in [-0.3, -0.25) is 9.59 Å². The summed E-state index contributed by atoms with van der Waals surface area (Å²) in [5.74, 6) is 0.147. The predicted molar refractivity (Wildman–Crippen MR) is 90.7 cm³/mol. The van der Waals surface area contributed by atoms with Crippen LogP contribution >= 0.6 is 0 Å². The molecular weight excluding hydrogens is 318 g/mol. The highest BCUT2D eigenvalue weighted by molar-refractivity contribution is 5.96. The fourth-order valence-corrected chi connectivity index (χ4v) is 4.25. The number of ether oxygens (including phenoxy) is 1. The first-order chi connectivity index (χ1) is 12.1. The summed E-state index contributed by atoms with van der Waals surface area (Å²) in [6.45, 7) is 2.58. The molecule has 0 aliphatic carbocycles. The van der Waals surface area contributed by atoms with Crippen LogP contribution in [0.2, 0.25) is 0 Å². The van der Waals surface area contributed by atoms with Gasteiger partial charge in [0.25, 0.3) is 5.91 Å². The van der Waals surface area contributed by atoms with Crippen LogP contribution in [0, 0.1) is 16.7 Å². The molecule has 3 heterocycles. The quantitative estimate of drug-likeness (QED) is 0.822. The monoisotopic (exact) mass is 339 g/mol. The van der Waals surface area contributed by atoms with Crippen molar-refractivity contribution in [3.8, 4) is 6.07 Å². The Morgan fingerprint density at radius 3 is 3.00 bits per heavy atom. The maximum atomic E-state index is 12.6. The van der Waals surface area contributed by atoms with Gasteiger partial charge in [-0.05, 0) is 37.5 Å². The van der Waals surface area contributed by atoms with Gasteiger partial charge < -0.3 is 14.5 Å². The number of carbonyl (C=O) groups excluding carboxylic acids is 2. The maximum Gasteiger partial charge on any atom is 0.251 e. The zero-order valence-corrected chi connectivity index (χ0v) is 14.1. The van der Waals surface area contributed by atoms with E-state index in [0.717, 1.165) is 24.9 Å². The molecule has 0 unspecified atom stereocenters. The van der Waals surface area contributed by atoms with Crippen LogP contribution in [0.3, 0.4) is 0 Å². The number of hydrogen-bond acceptors (Lipinski definition) is 4. The number of nitriles is 1. The Kier molecular flexibility index (Phi) is 3.97. The van der Waals surface area contributed by atoms with E-state index in [1.54, 1.807) is 23.1 Å². The van der Waals surface area contributed by atoms with E-state index in [1.807, 2.05) is 11.0 Å². The summed E-state index contributed by atoms with van der Waals surface area (Å²) in [6, 6.07) is 9.26. The molecule has 0 aromatic heterocycles. The van der Waals surface area contributed by atoms with Gasteiger partial charge in [0, 0.05) is 43.8 Å². The van der Waals surface area contributed by atoms with Crippen molar-refractivity contribution in [2.75, 3.05) is 31.1 Å². The SMILES string of the molecule is N#Cc1cccc(N2C[C@@]3(CCN(C(=O)[C@H]4CCCO4)C3)CC2=O)c1. The number of amides is 2. The van der Waals surface area contributed by atoms with Gasteiger partial charge in [0.2, 0.25) is 5.91 Å². The van der Waals surface area contributed by atoms with E-state index in [4.69, 9.17) is 10.00 Å². The summed E-state index contributed by atoms with van der Waals surface area (Å²) in [7, 11) is 0. The Labute approximate surface area is 147 Å². The topological polar surface area (TPSA) is 73.6 Å². The lowest BCUT2D eigenvalue weighted by atomic mass is 9.86. The Hall–Kier alpha value is -2.39. The third-order valence-electron chi connectivity index (χ3n) is 5.56. The molecule has 0 bridgehead atoms. The molecule has 1 aromatic rings. The molecule has 1 spiro atoms. The van der Waals surface area contributed by atoms with Crippen molar-refractivity contribution in [1.29, 1.82) is 5.26 Å². The Morgan fingerprint density at radius 2 is 2.24 bits per heavy atom. The van der Waals surface area contributed by atoms with Gasteiger partial charge in [0.05, 0.1) is 11.6 Å². The van der Waals surface area contributed by atoms with Crippen molar-refractivity contribution >= 4 is 17.5 Å². The van der Waals surface area contributed by atoms with E-state index in [1.165, 1.54) is 0 Å². The fraction of sp³-hybridized carbons (Fsp3) is 0.526. The summed E-state index contributed by atoms with van der Waals surface area (Å²) in [5.41, 5.74) is 1.14. The van der Waals surface area contributed by atoms with Crippen LogP contribution in [0.4, 0.5) is 5.69 Å². The van der Waals surface area contributed by atoms with Gasteiger partial charge >= 0.3 is 0 Å². The lowest BCUT2D eigenvalue weighted by Gasteiger charge is -2.25. The fourth-order valence-electron chi connectivity index (χ4n) is 4.25. The molecule has 2 amide bonds. The first-order valence-corrected chi connectivity index (χ1v) is 8.81. The molecule has 25 heavy (non-hydrogen) atoms. The van der Waals surface area contributed by atoms with Gasteiger partial charge in [-0.25, -0.2) is 0 Å². The minimum atomic E-state index is -0.296. The van der Waals surface area contributed by atoms with E-state index in [0.29, 0.717) is 38.2 Å². The average molecular weight is 339 g/mol. The Balaban J connectivity index is 1.48. The molecule has 3 fully saturated rings. The van der Waals surface area contributed by atoms with Crippen LogP contribution in [0.15, 0.2) is 24.3 Å². The second-order valence-electron chi connectivity index (χ2n) is 7.33. The van der Waals surface area contributed by atoms with Crippen LogP contribution in [-0.2, 0) is 14.3 Å². The highest BCUT2D eigenvalue weighted by Crippen LogP contribution is 2.42. The second kappa shape index (κ2) is 6.16. The largest absolute Gasteiger partial charge is 0.368 e. The molecule has 3 aliphatic rings. The Bertz CT molecular complexity index is 751. The molecule has 130 valence electrons. The summed E-state index contributed by atoms with van der Waals surface area (Å²) >= 11 is 0. The van der Waals surface area contributed by atoms with E-state index >= 15 is 0 Å². The van der Waals surface area contributed by atoms with Crippen LogP contribution < -0.4 is 4.90 Å². The van der Waals surface area contributed by atoms with E-state index in [2.05, 4.69) is 6.07 Å². The molecule has 1 aromatic carbocycles. The van der Waals surface area contributed by atoms with Crippen LogP contribution in [-0.4, -0.2) is 49.1 Å². The molecule has 6 nitrogen and oxygen atoms in total. The number of carbonyl (C=O) groups is 2. The summed E-state index contributed by atoms with van der Waals surface area (Å²) in [4.78, 5) is 28.8. The number of nitrogens with zero attached hydrogens (tertiary/aromatic N) is 3. The van der Waals surface area contributed by atoms with Gasteiger partial charge in [0.15, 0.2) is 0 Å². The number of anilines is 1. The lowest BCUT2D eigenvalue weighted by Crippen LogP contribution is -2.39. The lowest BCUT2D eigenvalue weighted by molar-refractivity contribution is -0.140. The first kappa shape index (κ1) is 16.1. The number of likely N-dealkylation sites (tertiary alicyclic amines) is 1. The molecule has 0 radical (unpaired) electrons. The zero-order chi connectivity index (χ0) is 17.4. The van der Waals surface area contributed by atoms with Gasteiger partial charge in [0.1, 0.15) is 6.10 Å². The predicted octanol–water partition coefficient (Wildman–Crippen LogP) is 1.69. The number of hydrogen-bond donors (Lipinski definition) is 0. The third-order valence-corrected chi connectivity index (χ3v) is 5.56. The van der Waals surface area contributed by atoms with Crippen molar-refractivity contribution in [1.82, 2.24) is 4.90 Å². The molecule has 3 aliphatic heterocycles. The molecular formula is C19H21N3O3. The van der Waals surface area contributed by atoms with Crippen LogP contribution in [0.25, 0.3) is 0 Å². The minimum absolute atomic E-state index is 0.0708. The van der Waals surface area contributed by atoms with E-state index < -0.39 is 0 Å². The average Bonchev–Trinajstić information content (AvgIpc) is 3.36. The molecule has 0 N–H and O–H groups in total.